The van der Waals surface area contributed by atoms with Gasteiger partial charge in [-0.1, -0.05) is 0 Å². The van der Waals surface area contributed by atoms with Gasteiger partial charge in [0.2, 0.25) is 0 Å². The van der Waals surface area contributed by atoms with Crippen molar-refractivity contribution < 1.29 is 9.90 Å². The number of rotatable bonds is 3. The Bertz CT molecular complexity index is 454. The van der Waals surface area contributed by atoms with E-state index in [1.807, 2.05) is 11.8 Å². The Balaban J connectivity index is 1.70. The molecule has 1 fully saturated rings. The predicted octanol–water partition coefficient (Wildman–Crippen LogP) is 1.36. The van der Waals surface area contributed by atoms with Crippen LogP contribution in [0.4, 0.5) is 0 Å². The van der Waals surface area contributed by atoms with E-state index in [4.69, 9.17) is 5.11 Å². The highest BCUT2D eigenvalue weighted by Crippen LogP contribution is 2.28. The summed E-state index contributed by atoms with van der Waals surface area (Å²) >= 11 is 2.01. The van der Waals surface area contributed by atoms with E-state index in [0.717, 1.165) is 24.5 Å². The molecule has 0 saturated carbocycles. The first kappa shape index (κ1) is 12.0. The Morgan fingerprint density at radius 3 is 3.11 bits per heavy atom. The molecule has 0 aliphatic carbocycles. The second-order valence-corrected chi connectivity index (χ2v) is 6.45. The van der Waals surface area contributed by atoms with Crippen molar-refractivity contribution in [3.63, 3.8) is 0 Å². The minimum Gasteiger partial charge on any atom is -0.481 e. The molecular formula is C12H17N3O2S. The van der Waals surface area contributed by atoms with Crippen molar-refractivity contribution in [1.29, 1.82) is 0 Å². The van der Waals surface area contributed by atoms with Crippen molar-refractivity contribution >= 4 is 17.7 Å². The van der Waals surface area contributed by atoms with Gasteiger partial charge in [-0.05, 0) is 25.0 Å². The summed E-state index contributed by atoms with van der Waals surface area (Å²) in [5.74, 6) is 2.09. The highest BCUT2D eigenvalue weighted by Gasteiger charge is 2.27. The van der Waals surface area contributed by atoms with E-state index in [9.17, 15) is 4.79 Å². The summed E-state index contributed by atoms with van der Waals surface area (Å²) in [4.78, 5) is 15.5. The van der Waals surface area contributed by atoms with Gasteiger partial charge in [-0.15, -0.1) is 0 Å². The van der Waals surface area contributed by atoms with Crippen LogP contribution in [-0.4, -0.2) is 36.8 Å². The average molecular weight is 267 g/mol. The molecule has 1 saturated heterocycles. The number of aliphatic carboxylic acids is 1. The van der Waals surface area contributed by atoms with Crippen LogP contribution in [-0.2, 0) is 24.2 Å². The zero-order chi connectivity index (χ0) is 12.5. The van der Waals surface area contributed by atoms with Crippen LogP contribution in [0.15, 0.2) is 0 Å². The number of hydrogen-bond donors (Lipinski definition) is 1. The number of nitrogens with zero attached hydrogens (tertiary/aromatic N) is 3. The minimum atomic E-state index is -0.718. The maximum atomic E-state index is 11.0. The van der Waals surface area contributed by atoms with Crippen molar-refractivity contribution in [2.24, 2.45) is 5.92 Å². The number of hydrogen-bond acceptors (Lipinski definition) is 4. The molecule has 18 heavy (non-hydrogen) atoms. The van der Waals surface area contributed by atoms with Crippen molar-refractivity contribution in [3.8, 4) is 0 Å². The van der Waals surface area contributed by atoms with Gasteiger partial charge in [-0.3, -0.25) is 4.79 Å². The fourth-order valence-corrected chi connectivity index (χ4v) is 3.92. The third-order valence-corrected chi connectivity index (χ3v) is 5.08. The molecule has 0 amide bonds. The predicted molar refractivity (Wildman–Crippen MR) is 68.7 cm³/mol. The van der Waals surface area contributed by atoms with Crippen LogP contribution < -0.4 is 0 Å². The molecule has 6 heteroatoms. The molecule has 2 unspecified atom stereocenters. The Hall–Kier alpha value is -1.04. The van der Waals surface area contributed by atoms with Crippen LogP contribution in [0.3, 0.4) is 0 Å². The first-order valence-electron chi connectivity index (χ1n) is 6.49. The van der Waals surface area contributed by atoms with Gasteiger partial charge in [0.05, 0.1) is 12.5 Å². The lowest BCUT2D eigenvalue weighted by Crippen LogP contribution is -2.27. The molecule has 0 aromatic carbocycles. The lowest BCUT2D eigenvalue weighted by Gasteiger charge is -2.18. The number of carboxylic acids is 1. The number of carboxylic acid groups (broad SMARTS) is 1. The monoisotopic (exact) mass is 267 g/mol. The second kappa shape index (κ2) is 4.91. The molecule has 3 rings (SSSR count). The fraction of sp³-hybridized carbons (Fsp3) is 0.750. The van der Waals surface area contributed by atoms with Gasteiger partial charge < -0.3 is 5.11 Å². The van der Waals surface area contributed by atoms with Crippen molar-refractivity contribution in [2.45, 2.75) is 43.9 Å². The van der Waals surface area contributed by atoms with E-state index >= 15 is 0 Å². The van der Waals surface area contributed by atoms with Gasteiger partial charge in [-0.25, -0.2) is 9.67 Å². The van der Waals surface area contributed by atoms with Crippen LogP contribution in [0.1, 0.15) is 30.9 Å². The Labute approximate surface area is 110 Å². The molecule has 2 aliphatic heterocycles. The number of thioether (sulfide) groups is 1. The molecule has 1 aromatic rings. The molecule has 0 spiro atoms. The third kappa shape index (κ3) is 2.39. The Morgan fingerprint density at radius 2 is 2.39 bits per heavy atom. The summed E-state index contributed by atoms with van der Waals surface area (Å²) < 4.78 is 1.80. The largest absolute Gasteiger partial charge is 0.481 e. The van der Waals surface area contributed by atoms with E-state index in [0.29, 0.717) is 18.2 Å². The molecule has 98 valence electrons. The molecule has 0 radical (unpaired) electrons. The highest BCUT2D eigenvalue weighted by atomic mass is 32.2. The summed E-state index contributed by atoms with van der Waals surface area (Å²) in [6.45, 7) is 0.482. The van der Waals surface area contributed by atoms with Gasteiger partial charge in [0.15, 0.2) is 5.82 Å². The van der Waals surface area contributed by atoms with E-state index in [-0.39, 0.29) is 5.92 Å². The quantitative estimate of drug-likeness (QED) is 0.895. The Kier molecular flexibility index (Phi) is 3.28. The van der Waals surface area contributed by atoms with Crippen molar-refractivity contribution in [2.75, 3.05) is 5.75 Å². The fourth-order valence-electron chi connectivity index (χ4n) is 2.66. The molecule has 2 aliphatic rings. The maximum absolute atomic E-state index is 11.0. The molecule has 1 N–H and O–H groups in total. The topological polar surface area (TPSA) is 68.0 Å². The molecule has 1 aromatic heterocycles. The van der Waals surface area contributed by atoms with Crippen molar-refractivity contribution in [3.05, 3.63) is 11.6 Å². The summed E-state index contributed by atoms with van der Waals surface area (Å²) in [7, 11) is 0. The molecular weight excluding hydrogens is 250 g/mol. The summed E-state index contributed by atoms with van der Waals surface area (Å²) in [6, 6.07) is 0. The minimum absolute atomic E-state index is 0.298. The molecule has 2 atom stereocenters. The van der Waals surface area contributed by atoms with Crippen LogP contribution >= 0.6 is 11.8 Å². The van der Waals surface area contributed by atoms with Crippen LogP contribution in [0.5, 0.6) is 0 Å². The smallest absolute Gasteiger partial charge is 0.308 e. The zero-order valence-electron chi connectivity index (χ0n) is 10.2. The summed E-state index contributed by atoms with van der Waals surface area (Å²) in [5, 5.41) is 14.2. The van der Waals surface area contributed by atoms with Gasteiger partial charge >= 0.3 is 5.97 Å². The number of aromatic nitrogens is 3. The Morgan fingerprint density at radius 1 is 1.50 bits per heavy atom. The second-order valence-electron chi connectivity index (χ2n) is 5.04. The van der Waals surface area contributed by atoms with Gasteiger partial charge in [0.1, 0.15) is 5.82 Å². The molecule has 3 heterocycles. The van der Waals surface area contributed by atoms with E-state index in [2.05, 4.69) is 10.1 Å². The lowest BCUT2D eigenvalue weighted by atomic mass is 10.0. The molecule has 5 nitrogen and oxygen atoms in total. The first-order valence-corrected chi connectivity index (χ1v) is 7.54. The van der Waals surface area contributed by atoms with E-state index in [1.165, 1.54) is 18.6 Å². The van der Waals surface area contributed by atoms with E-state index in [1.54, 1.807) is 4.68 Å². The molecule has 0 bridgehead atoms. The third-order valence-electron chi connectivity index (χ3n) is 3.69. The van der Waals surface area contributed by atoms with Crippen LogP contribution in [0.25, 0.3) is 0 Å². The van der Waals surface area contributed by atoms with Gasteiger partial charge in [0.25, 0.3) is 0 Å². The van der Waals surface area contributed by atoms with Gasteiger partial charge in [0, 0.05) is 18.1 Å². The van der Waals surface area contributed by atoms with E-state index < -0.39 is 5.97 Å². The number of fused-ring (bicyclic) bond motifs is 1. The summed E-state index contributed by atoms with van der Waals surface area (Å²) in [6.07, 6.45) is 4.91. The maximum Gasteiger partial charge on any atom is 0.308 e. The first-order chi connectivity index (χ1) is 8.72. The van der Waals surface area contributed by atoms with Crippen LogP contribution in [0.2, 0.25) is 0 Å². The normalized spacial score (nSPS) is 27.1. The van der Waals surface area contributed by atoms with Gasteiger partial charge in [-0.2, -0.15) is 16.9 Å². The zero-order valence-corrected chi connectivity index (χ0v) is 11.0. The number of carbonyl (C=O) groups is 1. The van der Waals surface area contributed by atoms with Crippen molar-refractivity contribution in [1.82, 2.24) is 14.8 Å². The SMILES string of the molecule is O=C(O)C1CCc2nc(CC3CCCS3)nn2C1. The lowest BCUT2D eigenvalue weighted by molar-refractivity contribution is -0.142. The summed E-state index contributed by atoms with van der Waals surface area (Å²) in [5.41, 5.74) is 0. The average Bonchev–Trinajstić information content (AvgIpc) is 2.96. The highest BCUT2D eigenvalue weighted by molar-refractivity contribution is 8.00. The van der Waals surface area contributed by atoms with Crippen LogP contribution in [0, 0.1) is 5.92 Å². The number of aryl methyl sites for hydroxylation is 1. The standard InChI is InChI=1S/C12H17N3O2S/c16-12(17)8-3-4-11-13-10(14-15(11)7-8)6-9-2-1-5-18-9/h8-9H,1-7H2,(H,16,17).